The smallest absolute Gasteiger partial charge is 0.250 e. The summed E-state index contributed by atoms with van der Waals surface area (Å²) in [7, 11) is 1.46. The molecule has 1 fully saturated rings. The van der Waals surface area contributed by atoms with Crippen LogP contribution in [0.15, 0.2) is 67.0 Å². The van der Waals surface area contributed by atoms with Crippen molar-refractivity contribution in [3.63, 3.8) is 0 Å². The summed E-state index contributed by atoms with van der Waals surface area (Å²) in [5, 5.41) is 35.8. The van der Waals surface area contributed by atoms with Crippen molar-refractivity contribution in [2.75, 3.05) is 26.8 Å². The Morgan fingerprint density at radius 1 is 1.16 bits per heavy atom. The highest BCUT2D eigenvalue weighted by Crippen LogP contribution is 2.71. The van der Waals surface area contributed by atoms with Gasteiger partial charge >= 0.3 is 0 Å². The zero-order valence-corrected chi connectivity index (χ0v) is 20.1. The molecule has 0 amide bonds. The molecule has 1 aliphatic carbocycles. The molecule has 9 heteroatoms. The van der Waals surface area contributed by atoms with Crippen molar-refractivity contribution in [1.29, 1.82) is 5.26 Å². The molecule has 2 aromatic carbocycles. The van der Waals surface area contributed by atoms with Crippen molar-refractivity contribution in [3.05, 3.63) is 89.2 Å². The first-order valence-corrected chi connectivity index (χ1v) is 12.0. The van der Waals surface area contributed by atoms with E-state index >= 15 is 0 Å². The van der Waals surface area contributed by atoms with Crippen LogP contribution in [-0.4, -0.2) is 48.4 Å². The summed E-state index contributed by atoms with van der Waals surface area (Å²) in [6.45, 7) is -0.902. The number of methoxy groups -OCH3 is 1. The molecule has 7 nitrogen and oxygen atoms in total. The average molecular weight is 508 g/mol. The van der Waals surface area contributed by atoms with Crippen molar-refractivity contribution in [2.45, 2.75) is 23.5 Å². The monoisotopic (exact) mass is 507 g/mol. The van der Waals surface area contributed by atoms with E-state index in [-0.39, 0.29) is 13.2 Å². The number of fused-ring (bicyclic) bond motifs is 3. The number of halogens is 2. The molecule has 2 heterocycles. The third-order valence-corrected chi connectivity index (χ3v) is 7.71. The number of nitriles is 1. The van der Waals surface area contributed by atoms with Crippen LogP contribution >= 0.6 is 0 Å². The van der Waals surface area contributed by atoms with E-state index in [1.807, 2.05) is 30.3 Å². The molecule has 3 aromatic rings. The number of aliphatic hydroxyl groups excluding tert-OH is 1. The van der Waals surface area contributed by atoms with Gasteiger partial charge in [0.2, 0.25) is 0 Å². The Morgan fingerprint density at radius 3 is 2.51 bits per heavy atom. The number of hydrogen-bond donors (Lipinski definition) is 3. The Bertz CT molecular complexity index is 1300. The van der Waals surface area contributed by atoms with Gasteiger partial charge in [0, 0.05) is 30.9 Å². The number of benzene rings is 2. The summed E-state index contributed by atoms with van der Waals surface area (Å²) in [6.07, 6.45) is 0.393. The quantitative estimate of drug-likeness (QED) is 0.429. The van der Waals surface area contributed by atoms with Gasteiger partial charge in [-0.1, -0.05) is 42.5 Å². The number of rotatable bonds is 8. The highest BCUT2D eigenvalue weighted by Gasteiger charge is 2.76. The average Bonchev–Trinajstić information content (AvgIpc) is 3.31. The largest absolute Gasteiger partial charge is 0.495 e. The van der Waals surface area contributed by atoms with E-state index in [1.54, 1.807) is 24.3 Å². The van der Waals surface area contributed by atoms with Crippen LogP contribution in [0.1, 0.15) is 28.2 Å². The number of aromatic nitrogens is 1. The molecular formula is C28H27F2N3O4. The SMILES string of the molecule is COc1cncc2c1[C@]1(O)[C@@H](CNCC(F)F)[C@H](CO)[C@@H](c3ccccc3)[C@]1(c1ccc(C#N)cc1)O2. The minimum atomic E-state index is -2.58. The van der Waals surface area contributed by atoms with E-state index in [0.717, 1.165) is 5.56 Å². The minimum absolute atomic E-state index is 0.0122. The highest BCUT2D eigenvalue weighted by molar-refractivity contribution is 5.59. The second-order valence-electron chi connectivity index (χ2n) is 9.40. The number of aliphatic hydroxyl groups is 2. The maximum Gasteiger partial charge on any atom is 0.250 e. The predicted molar refractivity (Wildman–Crippen MR) is 130 cm³/mol. The standard InChI is InChI=1S/C28H27F2N3O4/c1-36-22-13-33-14-23-26(22)27(35)21(12-32-15-24(29)30)20(16-34)25(18-5-3-2-4-6-18)28(27,37-23)19-9-7-17(11-31)8-10-19/h2-10,13-14,20-21,24-25,32,34-35H,12,15-16H2,1H3/t20-,21-,25+,27+,28-/m0/s1. The van der Waals surface area contributed by atoms with Gasteiger partial charge in [0.25, 0.3) is 6.43 Å². The van der Waals surface area contributed by atoms with Gasteiger partial charge in [0.05, 0.1) is 43.2 Å². The molecule has 0 bridgehead atoms. The van der Waals surface area contributed by atoms with Crippen molar-refractivity contribution in [3.8, 4) is 17.6 Å². The topological polar surface area (TPSA) is 108 Å². The molecule has 0 unspecified atom stereocenters. The lowest BCUT2D eigenvalue weighted by Gasteiger charge is -2.42. The van der Waals surface area contributed by atoms with E-state index in [4.69, 9.17) is 9.47 Å². The van der Waals surface area contributed by atoms with Crippen molar-refractivity contribution in [1.82, 2.24) is 10.3 Å². The van der Waals surface area contributed by atoms with Gasteiger partial charge in [-0.05, 0) is 23.3 Å². The van der Waals surface area contributed by atoms with Crippen molar-refractivity contribution >= 4 is 0 Å². The number of ether oxygens (including phenoxy) is 2. The molecule has 5 atom stereocenters. The first-order valence-electron chi connectivity index (χ1n) is 12.0. The summed E-state index contributed by atoms with van der Waals surface area (Å²) in [6, 6.07) is 18.2. The number of nitrogens with one attached hydrogen (secondary N) is 1. The van der Waals surface area contributed by atoms with Gasteiger partial charge in [0.1, 0.15) is 17.1 Å². The highest BCUT2D eigenvalue weighted by atomic mass is 19.3. The van der Waals surface area contributed by atoms with Gasteiger partial charge in [-0.15, -0.1) is 0 Å². The second kappa shape index (κ2) is 9.71. The van der Waals surface area contributed by atoms with Crippen LogP contribution < -0.4 is 14.8 Å². The maximum absolute atomic E-state index is 13.1. The lowest BCUT2D eigenvalue weighted by molar-refractivity contribution is -0.128. The summed E-state index contributed by atoms with van der Waals surface area (Å²) in [4.78, 5) is 4.22. The van der Waals surface area contributed by atoms with Gasteiger partial charge < -0.3 is 25.0 Å². The van der Waals surface area contributed by atoms with E-state index in [9.17, 15) is 24.3 Å². The van der Waals surface area contributed by atoms with E-state index in [1.165, 1.54) is 19.5 Å². The van der Waals surface area contributed by atoms with Crippen LogP contribution in [0.4, 0.5) is 8.78 Å². The molecule has 0 saturated heterocycles. The van der Waals surface area contributed by atoms with Crippen molar-refractivity contribution < 1.29 is 28.5 Å². The lowest BCUT2D eigenvalue weighted by Crippen LogP contribution is -2.52. The molecule has 1 aliphatic heterocycles. The zero-order valence-electron chi connectivity index (χ0n) is 20.1. The number of alkyl halides is 2. The molecule has 192 valence electrons. The van der Waals surface area contributed by atoms with E-state index in [0.29, 0.717) is 28.2 Å². The molecule has 1 aromatic heterocycles. The summed E-state index contributed by atoms with van der Waals surface area (Å²) in [5.41, 5.74) is -1.12. The van der Waals surface area contributed by atoms with Crippen LogP contribution in [0.2, 0.25) is 0 Å². The fourth-order valence-corrected chi connectivity index (χ4v) is 6.35. The zero-order chi connectivity index (χ0) is 26.2. The summed E-state index contributed by atoms with van der Waals surface area (Å²) in [5.74, 6) is -1.33. The van der Waals surface area contributed by atoms with Gasteiger partial charge in [-0.2, -0.15) is 5.26 Å². The number of nitrogens with zero attached hydrogens (tertiary/aromatic N) is 2. The third kappa shape index (κ3) is 3.67. The van der Waals surface area contributed by atoms with Crippen molar-refractivity contribution in [2.24, 2.45) is 11.8 Å². The van der Waals surface area contributed by atoms with E-state index < -0.39 is 41.9 Å². The molecule has 37 heavy (non-hydrogen) atoms. The Morgan fingerprint density at radius 2 is 1.89 bits per heavy atom. The maximum atomic E-state index is 13.1. The van der Waals surface area contributed by atoms with Crippen LogP contribution in [0.5, 0.6) is 11.5 Å². The number of hydrogen-bond acceptors (Lipinski definition) is 7. The normalized spacial score (nSPS) is 27.9. The van der Waals surface area contributed by atoms with Crippen LogP contribution in [0.25, 0.3) is 0 Å². The Kier molecular flexibility index (Phi) is 6.58. The second-order valence-corrected chi connectivity index (χ2v) is 9.40. The number of pyridine rings is 1. The molecule has 2 aliphatic rings. The fourth-order valence-electron chi connectivity index (χ4n) is 6.35. The van der Waals surface area contributed by atoms with Gasteiger partial charge in [-0.3, -0.25) is 4.98 Å². The van der Waals surface area contributed by atoms with E-state index in [2.05, 4.69) is 16.4 Å². The molecular weight excluding hydrogens is 480 g/mol. The lowest BCUT2D eigenvalue weighted by atomic mass is 9.69. The van der Waals surface area contributed by atoms with Crippen LogP contribution in [0, 0.1) is 23.2 Å². The third-order valence-electron chi connectivity index (χ3n) is 7.71. The Balaban J connectivity index is 1.81. The molecule has 3 N–H and O–H groups in total. The molecule has 1 saturated carbocycles. The van der Waals surface area contributed by atoms with Gasteiger partial charge in [-0.25, -0.2) is 8.78 Å². The van der Waals surface area contributed by atoms with Crippen LogP contribution in [0.3, 0.4) is 0 Å². The molecule has 0 spiro atoms. The van der Waals surface area contributed by atoms with Gasteiger partial charge in [0.15, 0.2) is 5.60 Å². The fraction of sp³-hybridized carbons (Fsp3) is 0.357. The minimum Gasteiger partial charge on any atom is -0.495 e. The molecule has 0 radical (unpaired) electrons. The summed E-state index contributed by atoms with van der Waals surface area (Å²) >= 11 is 0. The first-order chi connectivity index (χ1) is 17.9. The predicted octanol–water partition coefficient (Wildman–Crippen LogP) is 3.31. The molecule has 5 rings (SSSR count). The van der Waals surface area contributed by atoms with Crippen LogP contribution in [-0.2, 0) is 11.2 Å². The first kappa shape index (κ1) is 25.1. The Labute approximate surface area is 213 Å². The summed E-state index contributed by atoms with van der Waals surface area (Å²) < 4.78 is 38.5. The Hall–Kier alpha value is -3.58.